The molecule has 2 aliphatic rings. The van der Waals surface area contributed by atoms with E-state index in [2.05, 4.69) is 4.72 Å². The number of methoxy groups -OCH3 is 1. The highest BCUT2D eigenvalue weighted by atomic mass is 32.2. The molecule has 0 bridgehead atoms. The van der Waals surface area contributed by atoms with Crippen LogP contribution in [0.15, 0.2) is 23.1 Å². The number of nitrogens with one attached hydrogen (secondary N) is 1. The monoisotopic (exact) mass is 424 g/mol. The molecule has 0 atom stereocenters. The van der Waals surface area contributed by atoms with E-state index in [0.29, 0.717) is 44.5 Å². The lowest BCUT2D eigenvalue weighted by atomic mass is 9.97. The number of hydrogen-bond acceptors (Lipinski definition) is 5. The van der Waals surface area contributed by atoms with Crippen LogP contribution in [0.1, 0.15) is 55.3 Å². The van der Waals surface area contributed by atoms with Crippen molar-refractivity contribution in [2.75, 3.05) is 40.0 Å². The summed E-state index contributed by atoms with van der Waals surface area (Å²) in [6.07, 6.45) is 8.27. The van der Waals surface area contributed by atoms with E-state index in [1.54, 1.807) is 11.0 Å². The molecule has 7 nitrogen and oxygen atoms in total. The van der Waals surface area contributed by atoms with Crippen LogP contribution in [-0.2, 0) is 14.8 Å². The lowest BCUT2D eigenvalue weighted by molar-refractivity contribution is 0.0300. The van der Waals surface area contributed by atoms with Gasteiger partial charge in [-0.1, -0.05) is 38.5 Å². The van der Waals surface area contributed by atoms with Gasteiger partial charge in [0.05, 0.1) is 30.8 Å². The van der Waals surface area contributed by atoms with Crippen molar-refractivity contribution in [3.05, 3.63) is 23.8 Å². The second-order valence-corrected chi connectivity index (χ2v) is 9.58. The van der Waals surface area contributed by atoms with Crippen molar-refractivity contribution in [1.82, 2.24) is 9.62 Å². The minimum Gasteiger partial charge on any atom is -0.496 e. The lowest BCUT2D eigenvalue weighted by Gasteiger charge is -2.27. The van der Waals surface area contributed by atoms with Gasteiger partial charge in [-0.3, -0.25) is 4.79 Å². The molecule has 8 heteroatoms. The molecule has 1 amide bonds. The molecule has 29 heavy (non-hydrogen) atoms. The summed E-state index contributed by atoms with van der Waals surface area (Å²) in [7, 11) is -2.21. The number of amides is 1. The maximum Gasteiger partial charge on any atom is 0.257 e. The molecule has 162 valence electrons. The maximum atomic E-state index is 12.9. The van der Waals surface area contributed by atoms with Gasteiger partial charge in [0.25, 0.3) is 5.91 Å². The molecule has 1 saturated heterocycles. The zero-order chi connectivity index (χ0) is 20.7. The van der Waals surface area contributed by atoms with Gasteiger partial charge in [0.2, 0.25) is 10.0 Å². The largest absolute Gasteiger partial charge is 0.496 e. The van der Waals surface area contributed by atoms with Crippen LogP contribution in [0.5, 0.6) is 5.75 Å². The molecule has 0 radical (unpaired) electrons. The van der Waals surface area contributed by atoms with Crippen LogP contribution in [0.3, 0.4) is 0 Å². The fourth-order valence-electron chi connectivity index (χ4n) is 4.09. The second kappa shape index (κ2) is 10.4. The highest BCUT2D eigenvalue weighted by Crippen LogP contribution is 2.26. The standard InChI is InChI=1S/C21H32N2O5S/c1-27-20-9-8-18(16-19(20)21(24)23-12-14-28-15-13-23)29(25,26)22-11-10-17-6-4-2-3-5-7-17/h8-9,16-17,22H,2-7,10-15H2,1H3. The predicted molar refractivity (Wildman–Crippen MR) is 111 cm³/mol. The summed E-state index contributed by atoms with van der Waals surface area (Å²) in [5.41, 5.74) is 0.265. The molecule has 3 rings (SSSR count). The van der Waals surface area contributed by atoms with Crippen LogP contribution in [0.4, 0.5) is 0 Å². The Morgan fingerprint density at radius 1 is 1.17 bits per heavy atom. The highest BCUT2D eigenvalue weighted by molar-refractivity contribution is 7.89. The Bertz CT molecular complexity index is 782. The van der Waals surface area contributed by atoms with E-state index in [1.165, 1.54) is 57.8 Å². The number of benzene rings is 1. The average Bonchev–Trinajstić information content (AvgIpc) is 3.02. The third-order valence-electron chi connectivity index (χ3n) is 5.83. The average molecular weight is 425 g/mol. The number of carbonyl (C=O) groups excluding carboxylic acids is 1. The summed E-state index contributed by atoms with van der Waals surface area (Å²) >= 11 is 0. The van der Waals surface area contributed by atoms with E-state index in [0.717, 1.165) is 6.42 Å². The summed E-state index contributed by atoms with van der Waals surface area (Å²) in [5.74, 6) is 0.731. The Labute approximate surface area is 173 Å². The molecule has 0 spiro atoms. The van der Waals surface area contributed by atoms with E-state index in [4.69, 9.17) is 9.47 Å². The molecule has 1 aromatic rings. The number of rotatable bonds is 7. The van der Waals surface area contributed by atoms with Gasteiger partial charge in [0, 0.05) is 19.6 Å². The van der Waals surface area contributed by atoms with Gasteiger partial charge in [0.1, 0.15) is 5.75 Å². The van der Waals surface area contributed by atoms with Crippen LogP contribution in [0, 0.1) is 5.92 Å². The minimum atomic E-state index is -3.68. The van der Waals surface area contributed by atoms with Crippen molar-refractivity contribution in [3.63, 3.8) is 0 Å². The molecular formula is C21H32N2O5S. The first-order chi connectivity index (χ1) is 14.0. The predicted octanol–water partition coefficient (Wildman–Crippen LogP) is 2.81. The van der Waals surface area contributed by atoms with Gasteiger partial charge in [-0.15, -0.1) is 0 Å². The molecule has 0 aromatic heterocycles. The molecule has 2 fully saturated rings. The topological polar surface area (TPSA) is 84.9 Å². The van der Waals surface area contributed by atoms with E-state index >= 15 is 0 Å². The Balaban J connectivity index is 1.68. The molecule has 1 saturated carbocycles. The highest BCUT2D eigenvalue weighted by Gasteiger charge is 2.25. The fourth-order valence-corrected chi connectivity index (χ4v) is 5.16. The van der Waals surface area contributed by atoms with Gasteiger partial charge in [-0.05, 0) is 30.5 Å². The van der Waals surface area contributed by atoms with Crippen LogP contribution >= 0.6 is 0 Å². The van der Waals surface area contributed by atoms with Crippen molar-refractivity contribution in [3.8, 4) is 5.75 Å². The van der Waals surface area contributed by atoms with Crippen molar-refractivity contribution in [2.24, 2.45) is 5.92 Å². The number of ether oxygens (including phenoxy) is 2. The van der Waals surface area contributed by atoms with E-state index in [1.807, 2.05) is 0 Å². The zero-order valence-electron chi connectivity index (χ0n) is 17.2. The molecule has 1 aromatic carbocycles. The third kappa shape index (κ3) is 5.93. The van der Waals surface area contributed by atoms with Crippen LogP contribution in [-0.4, -0.2) is 59.2 Å². The van der Waals surface area contributed by atoms with Crippen molar-refractivity contribution >= 4 is 15.9 Å². The summed E-state index contributed by atoms with van der Waals surface area (Å²) in [6, 6.07) is 4.46. The smallest absolute Gasteiger partial charge is 0.257 e. The SMILES string of the molecule is COc1ccc(S(=O)(=O)NCCC2CCCCCC2)cc1C(=O)N1CCOCC1. The normalized spacial score (nSPS) is 19.0. The fraction of sp³-hybridized carbons (Fsp3) is 0.667. The summed E-state index contributed by atoms with van der Waals surface area (Å²) in [6.45, 7) is 2.35. The van der Waals surface area contributed by atoms with Gasteiger partial charge in [0.15, 0.2) is 0 Å². The molecule has 1 aliphatic heterocycles. The van der Waals surface area contributed by atoms with E-state index in [9.17, 15) is 13.2 Å². The first kappa shape index (κ1) is 22.1. The number of nitrogens with zero attached hydrogens (tertiary/aromatic N) is 1. The summed E-state index contributed by atoms with van der Waals surface area (Å²) < 4.78 is 38.9. The first-order valence-corrected chi connectivity index (χ1v) is 12.0. The first-order valence-electron chi connectivity index (χ1n) is 10.6. The van der Waals surface area contributed by atoms with Crippen molar-refractivity contribution in [1.29, 1.82) is 0 Å². The van der Waals surface area contributed by atoms with E-state index < -0.39 is 10.0 Å². The van der Waals surface area contributed by atoms with Crippen LogP contribution in [0.2, 0.25) is 0 Å². The third-order valence-corrected chi connectivity index (χ3v) is 7.29. The van der Waals surface area contributed by atoms with E-state index in [-0.39, 0.29) is 16.4 Å². The van der Waals surface area contributed by atoms with Gasteiger partial charge in [-0.25, -0.2) is 13.1 Å². The maximum absolute atomic E-state index is 12.9. The number of sulfonamides is 1. The Hall–Kier alpha value is -1.64. The lowest BCUT2D eigenvalue weighted by Crippen LogP contribution is -2.40. The van der Waals surface area contributed by atoms with Crippen LogP contribution in [0.25, 0.3) is 0 Å². The van der Waals surface area contributed by atoms with Crippen molar-refractivity contribution in [2.45, 2.75) is 49.8 Å². The number of morpholine rings is 1. The Morgan fingerprint density at radius 2 is 1.86 bits per heavy atom. The van der Waals surface area contributed by atoms with Gasteiger partial charge < -0.3 is 14.4 Å². The zero-order valence-corrected chi connectivity index (χ0v) is 18.0. The number of hydrogen-bond donors (Lipinski definition) is 1. The second-order valence-electron chi connectivity index (χ2n) is 7.81. The molecule has 1 heterocycles. The van der Waals surface area contributed by atoms with Gasteiger partial charge in [-0.2, -0.15) is 0 Å². The molecule has 0 unspecified atom stereocenters. The summed E-state index contributed by atoms with van der Waals surface area (Å²) in [4.78, 5) is 14.6. The molecule has 1 aliphatic carbocycles. The quantitative estimate of drug-likeness (QED) is 0.681. The Morgan fingerprint density at radius 3 is 2.52 bits per heavy atom. The number of carbonyl (C=O) groups is 1. The van der Waals surface area contributed by atoms with Gasteiger partial charge >= 0.3 is 0 Å². The molecule has 1 N–H and O–H groups in total. The summed E-state index contributed by atoms with van der Waals surface area (Å²) in [5, 5.41) is 0. The Kier molecular flexibility index (Phi) is 7.91. The minimum absolute atomic E-state index is 0.0933. The van der Waals surface area contributed by atoms with Crippen LogP contribution < -0.4 is 9.46 Å². The molecular weight excluding hydrogens is 392 g/mol. The van der Waals surface area contributed by atoms with Crippen molar-refractivity contribution < 1.29 is 22.7 Å².